The van der Waals surface area contributed by atoms with Gasteiger partial charge in [-0.25, -0.2) is 14.0 Å². The number of hydrogen-bond acceptors (Lipinski definition) is 5. The summed E-state index contributed by atoms with van der Waals surface area (Å²) in [4.78, 5) is 18.2. The number of aliphatic hydroxyl groups is 1. The number of ether oxygens (including phenoxy) is 1. The Kier molecular flexibility index (Phi) is 9.48. The van der Waals surface area contributed by atoms with Crippen molar-refractivity contribution < 1.29 is 34.0 Å². The van der Waals surface area contributed by atoms with Crippen molar-refractivity contribution in [2.24, 2.45) is 0 Å². The van der Waals surface area contributed by atoms with Crippen LogP contribution in [-0.2, 0) is 9.59 Å². The molecule has 0 aliphatic heterocycles. The lowest BCUT2D eigenvalue weighted by atomic mass is 10.3. The van der Waals surface area contributed by atoms with Crippen LogP contribution in [0.15, 0.2) is 24.3 Å². The van der Waals surface area contributed by atoms with Crippen molar-refractivity contribution in [1.82, 2.24) is 5.32 Å². The Balaban J connectivity index is 0.000000567. The fourth-order valence-electron chi connectivity index (χ4n) is 1.11. The van der Waals surface area contributed by atoms with Crippen molar-refractivity contribution in [1.29, 1.82) is 0 Å². The van der Waals surface area contributed by atoms with Crippen LogP contribution in [0.3, 0.4) is 0 Å². The summed E-state index contributed by atoms with van der Waals surface area (Å²) in [5.41, 5.74) is 0. The Morgan fingerprint density at radius 3 is 2.33 bits per heavy atom. The third-order valence-electron chi connectivity index (χ3n) is 2.00. The maximum atomic E-state index is 13.0. The minimum absolute atomic E-state index is 0.261. The average Bonchev–Trinajstić information content (AvgIpc) is 2.40. The van der Waals surface area contributed by atoms with E-state index in [2.05, 4.69) is 5.32 Å². The van der Waals surface area contributed by atoms with Crippen molar-refractivity contribution in [2.75, 3.05) is 19.7 Å². The SMILES string of the molecule is CC(O)CNCCOc1ccccc1F.O=C(O)C(=O)O. The second-order valence-corrected chi connectivity index (χ2v) is 3.94. The zero-order valence-electron chi connectivity index (χ0n) is 11.5. The maximum absolute atomic E-state index is 13.0. The van der Waals surface area contributed by atoms with E-state index in [1.165, 1.54) is 6.07 Å². The number of nitrogens with one attached hydrogen (secondary N) is 1. The van der Waals surface area contributed by atoms with Crippen molar-refractivity contribution in [3.8, 4) is 5.75 Å². The molecule has 1 rings (SSSR count). The number of carboxylic acid groups (broad SMARTS) is 2. The van der Waals surface area contributed by atoms with Crippen molar-refractivity contribution >= 4 is 11.9 Å². The molecule has 7 nitrogen and oxygen atoms in total. The van der Waals surface area contributed by atoms with Crippen LogP contribution in [0, 0.1) is 5.82 Å². The molecule has 0 saturated heterocycles. The fraction of sp³-hybridized carbons (Fsp3) is 0.385. The van der Waals surface area contributed by atoms with Crippen molar-refractivity contribution in [3.05, 3.63) is 30.1 Å². The molecule has 1 atom stereocenters. The fourth-order valence-corrected chi connectivity index (χ4v) is 1.11. The molecule has 0 amide bonds. The van der Waals surface area contributed by atoms with Crippen molar-refractivity contribution in [3.63, 3.8) is 0 Å². The molecule has 0 spiro atoms. The van der Waals surface area contributed by atoms with Crippen LogP contribution in [-0.4, -0.2) is 53.1 Å². The zero-order valence-corrected chi connectivity index (χ0v) is 11.5. The van der Waals surface area contributed by atoms with Gasteiger partial charge in [0.25, 0.3) is 0 Å². The molecule has 21 heavy (non-hydrogen) atoms. The maximum Gasteiger partial charge on any atom is 0.414 e. The Bertz CT molecular complexity index is 440. The summed E-state index contributed by atoms with van der Waals surface area (Å²) >= 11 is 0. The third-order valence-corrected chi connectivity index (χ3v) is 2.00. The molecular formula is C13H18FNO6. The number of carboxylic acids is 2. The second-order valence-electron chi connectivity index (χ2n) is 3.94. The number of benzene rings is 1. The molecule has 118 valence electrons. The smallest absolute Gasteiger partial charge is 0.414 e. The van der Waals surface area contributed by atoms with Crippen molar-refractivity contribution in [2.45, 2.75) is 13.0 Å². The van der Waals surface area contributed by atoms with E-state index in [9.17, 15) is 4.39 Å². The molecule has 0 aliphatic rings. The van der Waals surface area contributed by atoms with E-state index in [0.29, 0.717) is 19.7 Å². The van der Waals surface area contributed by atoms with Gasteiger partial charge in [-0.15, -0.1) is 0 Å². The van der Waals surface area contributed by atoms with Gasteiger partial charge in [0.1, 0.15) is 6.61 Å². The van der Waals surface area contributed by atoms with E-state index in [-0.39, 0.29) is 17.7 Å². The molecule has 1 aromatic rings. The number of para-hydroxylation sites is 1. The van der Waals surface area contributed by atoms with Gasteiger partial charge >= 0.3 is 11.9 Å². The van der Waals surface area contributed by atoms with E-state index in [4.69, 9.17) is 29.6 Å². The third kappa shape index (κ3) is 10.3. The summed E-state index contributed by atoms with van der Waals surface area (Å²) in [5.74, 6) is -3.74. The van der Waals surface area contributed by atoms with E-state index >= 15 is 0 Å². The van der Waals surface area contributed by atoms with Gasteiger partial charge in [0.05, 0.1) is 6.10 Å². The van der Waals surface area contributed by atoms with Gasteiger partial charge in [0.2, 0.25) is 0 Å². The highest BCUT2D eigenvalue weighted by atomic mass is 19.1. The first-order valence-electron chi connectivity index (χ1n) is 6.07. The van der Waals surface area contributed by atoms with Crippen LogP contribution >= 0.6 is 0 Å². The quantitative estimate of drug-likeness (QED) is 0.442. The Morgan fingerprint density at radius 1 is 1.29 bits per heavy atom. The highest BCUT2D eigenvalue weighted by molar-refractivity contribution is 6.27. The number of halogens is 1. The molecule has 1 aromatic carbocycles. The van der Waals surface area contributed by atoms with E-state index in [1.807, 2.05) is 0 Å². The van der Waals surface area contributed by atoms with Gasteiger partial charge in [-0.3, -0.25) is 0 Å². The summed E-state index contributed by atoms with van der Waals surface area (Å²) in [5, 5.41) is 26.7. The standard InChI is InChI=1S/C11H16FNO2.C2H2O4/c1-9(14)8-13-6-7-15-11-5-3-2-4-10(11)12;3-1(4)2(5)6/h2-5,9,13-14H,6-8H2,1H3;(H,3,4)(H,5,6). The largest absolute Gasteiger partial charge is 0.489 e. The minimum Gasteiger partial charge on any atom is -0.489 e. The predicted molar refractivity (Wildman–Crippen MR) is 71.7 cm³/mol. The normalized spacial score (nSPS) is 11.0. The molecule has 0 radical (unpaired) electrons. The highest BCUT2D eigenvalue weighted by Gasteiger charge is 2.04. The van der Waals surface area contributed by atoms with Gasteiger partial charge in [-0.05, 0) is 19.1 Å². The molecule has 0 aromatic heterocycles. The van der Waals surface area contributed by atoms with Crippen LogP contribution in [0.25, 0.3) is 0 Å². The summed E-state index contributed by atoms with van der Waals surface area (Å²) < 4.78 is 18.2. The topological polar surface area (TPSA) is 116 Å². The lowest BCUT2D eigenvalue weighted by Crippen LogP contribution is -2.28. The van der Waals surface area contributed by atoms with Gasteiger partial charge in [0, 0.05) is 13.1 Å². The average molecular weight is 303 g/mol. The zero-order chi connectivity index (χ0) is 16.3. The van der Waals surface area contributed by atoms with Crippen LogP contribution < -0.4 is 10.1 Å². The Morgan fingerprint density at radius 2 is 1.86 bits per heavy atom. The Labute approximate surface area is 121 Å². The number of carbonyl (C=O) groups is 2. The monoisotopic (exact) mass is 303 g/mol. The van der Waals surface area contributed by atoms with E-state index < -0.39 is 11.9 Å². The molecule has 8 heteroatoms. The molecular weight excluding hydrogens is 285 g/mol. The van der Waals surface area contributed by atoms with Gasteiger partial charge in [0.15, 0.2) is 11.6 Å². The summed E-state index contributed by atoms with van der Waals surface area (Å²) in [6, 6.07) is 6.29. The summed E-state index contributed by atoms with van der Waals surface area (Å²) in [6.45, 7) is 3.18. The number of hydrogen-bond donors (Lipinski definition) is 4. The number of aliphatic carboxylic acids is 2. The molecule has 1 unspecified atom stereocenters. The van der Waals surface area contributed by atoms with Crippen LogP contribution in [0.1, 0.15) is 6.92 Å². The van der Waals surface area contributed by atoms with Gasteiger partial charge in [-0.2, -0.15) is 0 Å². The van der Waals surface area contributed by atoms with Crippen LogP contribution in [0.4, 0.5) is 4.39 Å². The highest BCUT2D eigenvalue weighted by Crippen LogP contribution is 2.14. The van der Waals surface area contributed by atoms with Crippen LogP contribution in [0.5, 0.6) is 5.75 Å². The lowest BCUT2D eigenvalue weighted by molar-refractivity contribution is -0.159. The first-order valence-corrected chi connectivity index (χ1v) is 6.07. The number of rotatable bonds is 6. The molecule has 0 heterocycles. The molecule has 0 fully saturated rings. The minimum atomic E-state index is -1.82. The summed E-state index contributed by atoms with van der Waals surface area (Å²) in [6.07, 6.45) is -0.376. The van der Waals surface area contributed by atoms with Gasteiger partial charge < -0.3 is 25.4 Å². The second kappa shape index (κ2) is 10.6. The van der Waals surface area contributed by atoms with E-state index in [1.54, 1.807) is 25.1 Å². The van der Waals surface area contributed by atoms with Gasteiger partial charge in [-0.1, -0.05) is 12.1 Å². The lowest BCUT2D eigenvalue weighted by Gasteiger charge is -2.09. The van der Waals surface area contributed by atoms with E-state index in [0.717, 1.165) is 0 Å². The molecule has 0 aliphatic carbocycles. The molecule has 0 bridgehead atoms. The Hall–Kier alpha value is -2.19. The predicted octanol–water partition coefficient (Wildman–Crippen LogP) is 0.330. The first kappa shape index (κ1) is 18.8. The molecule has 4 N–H and O–H groups in total. The first-order chi connectivity index (χ1) is 9.84. The number of aliphatic hydroxyl groups excluding tert-OH is 1. The van der Waals surface area contributed by atoms with Crippen LogP contribution in [0.2, 0.25) is 0 Å². The molecule has 0 saturated carbocycles. The summed E-state index contributed by atoms with van der Waals surface area (Å²) in [7, 11) is 0.